The molecule has 0 aromatic rings. The minimum Gasteiger partial charge on any atom is -0.341 e. The third kappa shape index (κ3) is 2.52. The molecular weight excluding hydrogens is 238 g/mol. The van der Waals surface area contributed by atoms with E-state index in [1.165, 1.54) is 12.8 Å². The van der Waals surface area contributed by atoms with E-state index in [9.17, 15) is 4.79 Å². The summed E-state index contributed by atoms with van der Waals surface area (Å²) in [6.45, 7) is 9.58. The summed E-state index contributed by atoms with van der Waals surface area (Å²) in [4.78, 5) is 17.3. The zero-order chi connectivity index (χ0) is 14.4. The number of carbonyl (C=O) groups excluding carboxylic acids is 1. The number of amides is 1. The molecule has 2 aliphatic heterocycles. The van der Waals surface area contributed by atoms with Gasteiger partial charge in [-0.2, -0.15) is 0 Å². The molecule has 0 spiro atoms. The van der Waals surface area contributed by atoms with Crippen LogP contribution in [0.25, 0.3) is 0 Å². The topological polar surface area (TPSA) is 49.6 Å². The SMILES string of the molecule is CN1C2CCC1CN(C(=O)C(C)(C)C(C)(C)N)CC2. The van der Waals surface area contributed by atoms with Gasteiger partial charge in [0.05, 0.1) is 5.41 Å². The first-order valence-corrected chi connectivity index (χ1v) is 7.45. The molecule has 2 fully saturated rings. The monoisotopic (exact) mass is 267 g/mol. The molecule has 2 rings (SSSR count). The number of nitrogens with zero attached hydrogens (tertiary/aromatic N) is 2. The number of hydrogen-bond donors (Lipinski definition) is 1. The highest BCUT2D eigenvalue weighted by atomic mass is 16.2. The molecular formula is C15H29N3O. The van der Waals surface area contributed by atoms with E-state index in [-0.39, 0.29) is 5.91 Å². The summed E-state index contributed by atoms with van der Waals surface area (Å²) in [5.74, 6) is 0.209. The molecule has 2 saturated heterocycles. The van der Waals surface area contributed by atoms with Gasteiger partial charge in [0.15, 0.2) is 0 Å². The Bertz CT molecular complexity index is 359. The van der Waals surface area contributed by atoms with Crippen LogP contribution in [0.4, 0.5) is 0 Å². The first-order chi connectivity index (χ1) is 8.64. The summed E-state index contributed by atoms with van der Waals surface area (Å²) >= 11 is 0. The van der Waals surface area contributed by atoms with Crippen LogP contribution in [0.2, 0.25) is 0 Å². The summed E-state index contributed by atoms with van der Waals surface area (Å²) in [7, 11) is 2.20. The maximum absolute atomic E-state index is 12.8. The molecule has 2 bridgehead atoms. The normalized spacial score (nSPS) is 29.5. The van der Waals surface area contributed by atoms with E-state index < -0.39 is 11.0 Å². The van der Waals surface area contributed by atoms with E-state index in [1.54, 1.807) is 0 Å². The van der Waals surface area contributed by atoms with Gasteiger partial charge in [0.1, 0.15) is 0 Å². The lowest BCUT2D eigenvalue weighted by atomic mass is 9.74. The number of carbonyl (C=O) groups is 1. The molecule has 110 valence electrons. The Morgan fingerprint density at radius 2 is 1.68 bits per heavy atom. The summed E-state index contributed by atoms with van der Waals surface area (Å²) < 4.78 is 0. The van der Waals surface area contributed by atoms with Crippen LogP contribution in [0.5, 0.6) is 0 Å². The quantitative estimate of drug-likeness (QED) is 0.824. The van der Waals surface area contributed by atoms with E-state index in [0.29, 0.717) is 12.1 Å². The van der Waals surface area contributed by atoms with Crippen molar-refractivity contribution < 1.29 is 4.79 Å². The zero-order valence-electron chi connectivity index (χ0n) is 13.1. The summed E-state index contributed by atoms with van der Waals surface area (Å²) in [6, 6.07) is 1.20. The lowest BCUT2D eigenvalue weighted by molar-refractivity contribution is -0.143. The molecule has 19 heavy (non-hydrogen) atoms. The molecule has 1 amide bonds. The fourth-order valence-electron chi connectivity index (χ4n) is 3.16. The fourth-order valence-corrected chi connectivity index (χ4v) is 3.16. The van der Waals surface area contributed by atoms with Crippen molar-refractivity contribution in [3.8, 4) is 0 Å². The highest BCUT2D eigenvalue weighted by Gasteiger charge is 2.45. The van der Waals surface area contributed by atoms with Crippen molar-refractivity contribution in [1.82, 2.24) is 9.80 Å². The Kier molecular flexibility index (Phi) is 3.69. The largest absolute Gasteiger partial charge is 0.341 e. The molecule has 2 heterocycles. The van der Waals surface area contributed by atoms with Crippen LogP contribution in [0.1, 0.15) is 47.0 Å². The minimum atomic E-state index is -0.519. The van der Waals surface area contributed by atoms with Crippen molar-refractivity contribution in [1.29, 1.82) is 0 Å². The lowest BCUT2D eigenvalue weighted by Gasteiger charge is -2.41. The Morgan fingerprint density at radius 1 is 1.11 bits per heavy atom. The van der Waals surface area contributed by atoms with Crippen LogP contribution in [0, 0.1) is 5.41 Å². The second kappa shape index (κ2) is 4.74. The highest BCUT2D eigenvalue weighted by Crippen LogP contribution is 2.34. The van der Waals surface area contributed by atoms with Gasteiger partial charge in [-0.3, -0.25) is 9.69 Å². The highest BCUT2D eigenvalue weighted by molar-refractivity contribution is 5.83. The van der Waals surface area contributed by atoms with Crippen LogP contribution in [0.15, 0.2) is 0 Å². The van der Waals surface area contributed by atoms with Crippen LogP contribution >= 0.6 is 0 Å². The van der Waals surface area contributed by atoms with Gasteiger partial charge in [0, 0.05) is 30.7 Å². The third-order valence-electron chi connectivity index (χ3n) is 5.58. The van der Waals surface area contributed by atoms with E-state index >= 15 is 0 Å². The van der Waals surface area contributed by atoms with Gasteiger partial charge in [-0.15, -0.1) is 0 Å². The summed E-state index contributed by atoms with van der Waals surface area (Å²) in [5.41, 5.74) is 5.19. The van der Waals surface area contributed by atoms with E-state index in [0.717, 1.165) is 19.5 Å². The number of rotatable bonds is 2. The number of nitrogens with two attached hydrogens (primary N) is 1. The van der Waals surface area contributed by atoms with Gasteiger partial charge in [-0.25, -0.2) is 0 Å². The van der Waals surface area contributed by atoms with Crippen molar-refractivity contribution in [3.63, 3.8) is 0 Å². The molecule has 2 unspecified atom stereocenters. The average molecular weight is 267 g/mol. The Morgan fingerprint density at radius 3 is 2.26 bits per heavy atom. The summed E-state index contributed by atoms with van der Waals surface area (Å²) in [5, 5.41) is 0. The van der Waals surface area contributed by atoms with Crippen LogP contribution in [-0.2, 0) is 4.79 Å². The molecule has 0 saturated carbocycles. The lowest BCUT2D eigenvalue weighted by Crippen LogP contribution is -2.57. The average Bonchev–Trinajstić information content (AvgIpc) is 2.50. The standard InChI is InChI=1S/C15H29N3O/c1-14(2,15(3,4)16)13(19)18-9-8-11-6-7-12(10-18)17(11)5/h11-12H,6-10,16H2,1-5H3. The Labute approximate surface area is 117 Å². The number of likely N-dealkylation sites (N-methyl/N-ethyl adjacent to an activating group) is 1. The van der Waals surface area contributed by atoms with Crippen molar-refractivity contribution in [2.75, 3.05) is 20.1 Å². The van der Waals surface area contributed by atoms with Crippen molar-refractivity contribution in [3.05, 3.63) is 0 Å². The minimum absolute atomic E-state index is 0.209. The van der Waals surface area contributed by atoms with Crippen molar-refractivity contribution in [2.45, 2.75) is 64.6 Å². The van der Waals surface area contributed by atoms with Gasteiger partial charge in [0.25, 0.3) is 0 Å². The van der Waals surface area contributed by atoms with Gasteiger partial charge in [0.2, 0.25) is 5.91 Å². The predicted molar refractivity (Wildman–Crippen MR) is 77.8 cm³/mol. The second-order valence-corrected chi connectivity index (χ2v) is 7.44. The number of hydrogen-bond acceptors (Lipinski definition) is 3. The van der Waals surface area contributed by atoms with Gasteiger partial charge in [-0.05, 0) is 54.0 Å². The van der Waals surface area contributed by atoms with Gasteiger partial charge < -0.3 is 10.6 Å². The Balaban J connectivity index is 2.13. The first-order valence-electron chi connectivity index (χ1n) is 7.45. The Hall–Kier alpha value is -0.610. The predicted octanol–water partition coefficient (Wildman–Crippen LogP) is 1.45. The van der Waals surface area contributed by atoms with E-state index in [2.05, 4.69) is 16.8 Å². The van der Waals surface area contributed by atoms with Crippen molar-refractivity contribution in [2.24, 2.45) is 11.1 Å². The van der Waals surface area contributed by atoms with E-state index in [1.807, 2.05) is 27.7 Å². The molecule has 4 heteroatoms. The molecule has 0 aromatic heterocycles. The fraction of sp³-hybridized carbons (Fsp3) is 0.933. The number of fused-ring (bicyclic) bond motifs is 2. The second-order valence-electron chi connectivity index (χ2n) is 7.44. The van der Waals surface area contributed by atoms with Crippen LogP contribution in [0.3, 0.4) is 0 Å². The van der Waals surface area contributed by atoms with Crippen LogP contribution < -0.4 is 5.73 Å². The summed E-state index contributed by atoms with van der Waals surface area (Å²) in [6.07, 6.45) is 3.60. The van der Waals surface area contributed by atoms with Gasteiger partial charge >= 0.3 is 0 Å². The third-order valence-corrected chi connectivity index (χ3v) is 5.58. The molecule has 2 aliphatic rings. The van der Waals surface area contributed by atoms with E-state index in [4.69, 9.17) is 5.73 Å². The van der Waals surface area contributed by atoms with Crippen molar-refractivity contribution >= 4 is 5.91 Å². The molecule has 0 aliphatic carbocycles. The molecule has 0 radical (unpaired) electrons. The first kappa shape index (κ1) is 14.8. The maximum atomic E-state index is 12.8. The smallest absolute Gasteiger partial charge is 0.230 e. The zero-order valence-corrected chi connectivity index (χ0v) is 13.1. The van der Waals surface area contributed by atoms with Gasteiger partial charge in [-0.1, -0.05) is 0 Å². The molecule has 2 atom stereocenters. The molecule has 0 aromatic carbocycles. The molecule has 4 nitrogen and oxygen atoms in total. The number of likely N-dealkylation sites (tertiary alicyclic amines) is 1. The maximum Gasteiger partial charge on any atom is 0.230 e. The molecule has 2 N–H and O–H groups in total. The van der Waals surface area contributed by atoms with Crippen LogP contribution in [-0.4, -0.2) is 53.5 Å².